The number of carbonyl (C=O) groups is 4. The third-order valence-electron chi connectivity index (χ3n) is 10.8. The van der Waals surface area contributed by atoms with Crippen molar-refractivity contribution in [2.75, 3.05) is 24.8 Å². The summed E-state index contributed by atoms with van der Waals surface area (Å²) in [7, 11) is 1.33. The highest BCUT2D eigenvalue weighted by Crippen LogP contribution is 2.47. The van der Waals surface area contributed by atoms with E-state index in [1.165, 1.54) is 52.9 Å². The number of benzene rings is 5. The van der Waals surface area contributed by atoms with E-state index in [0.29, 0.717) is 14.9 Å². The molecule has 1 saturated heterocycles. The first-order valence-electron chi connectivity index (χ1n) is 20.2. The Morgan fingerprint density at radius 2 is 1.38 bits per heavy atom. The topological polar surface area (TPSA) is 149 Å². The van der Waals surface area contributed by atoms with Gasteiger partial charge in [-0.25, -0.2) is 14.6 Å². The number of carbonyl (C=O) groups excluding carboxylic acids is 4. The standard InChI is InChI=1S/C49H39N5O7S3/c1-59-53-40(37-29-63-48(50-37)52-49(33-21-11-4-12-22-33,34-23-13-5-14-24-34)35-25-15-6-16-26-35)44(56)51-41-45(57)54-42(38(30-62-46(41)54)64-36-27-39(55)60-28-36)47(58)61-43(31-17-7-2-8-18-31)32-19-9-3-10-20-32/h2-27,29,41,43,46H,28,30H2,1H3,(H,50,52)(H,51,56)/b53-40-/t41-,46+/m1/s1. The van der Waals surface area contributed by atoms with Gasteiger partial charge in [-0.05, 0) is 27.8 Å². The van der Waals surface area contributed by atoms with Gasteiger partial charge in [0.2, 0.25) is 0 Å². The molecule has 3 aliphatic rings. The first-order chi connectivity index (χ1) is 31.3. The summed E-state index contributed by atoms with van der Waals surface area (Å²) < 4.78 is 11.4. The Kier molecular flexibility index (Phi) is 12.4. The second-order valence-corrected chi connectivity index (χ2v) is 17.9. The molecule has 6 aromatic rings. The van der Waals surface area contributed by atoms with E-state index in [2.05, 4.69) is 52.2 Å². The van der Waals surface area contributed by atoms with Gasteiger partial charge in [0.1, 0.15) is 42.1 Å². The number of anilines is 1. The first kappa shape index (κ1) is 42.4. The summed E-state index contributed by atoms with van der Waals surface area (Å²) in [6, 6.07) is 47.8. The highest BCUT2D eigenvalue weighted by molar-refractivity contribution is 8.09. The minimum atomic E-state index is -1.03. The van der Waals surface area contributed by atoms with Crippen molar-refractivity contribution < 1.29 is 33.5 Å². The van der Waals surface area contributed by atoms with Gasteiger partial charge in [0.25, 0.3) is 11.8 Å². The molecule has 0 unspecified atom stereocenters. The second-order valence-electron chi connectivity index (χ2n) is 14.7. The van der Waals surface area contributed by atoms with Crippen LogP contribution >= 0.6 is 34.9 Å². The zero-order valence-electron chi connectivity index (χ0n) is 34.2. The van der Waals surface area contributed by atoms with Crippen molar-refractivity contribution >= 4 is 69.5 Å². The van der Waals surface area contributed by atoms with Gasteiger partial charge in [-0.2, -0.15) is 0 Å². The molecule has 0 saturated carbocycles. The molecule has 3 aliphatic heterocycles. The van der Waals surface area contributed by atoms with E-state index in [1.807, 2.05) is 115 Å². The maximum atomic E-state index is 14.5. The van der Waals surface area contributed by atoms with Crippen LogP contribution < -0.4 is 10.6 Å². The lowest BCUT2D eigenvalue weighted by Crippen LogP contribution is -2.71. The minimum Gasteiger partial charge on any atom is -0.457 e. The van der Waals surface area contributed by atoms with Crippen LogP contribution in [0.4, 0.5) is 5.13 Å². The number of hydrogen-bond acceptors (Lipinski definition) is 13. The largest absolute Gasteiger partial charge is 0.457 e. The number of fused-ring (bicyclic) bond motifs is 1. The summed E-state index contributed by atoms with van der Waals surface area (Å²) in [6.45, 7) is 0.0495. The third-order valence-corrected chi connectivity index (χ3v) is 14.1. The number of ether oxygens (including phenoxy) is 2. The van der Waals surface area contributed by atoms with Crippen molar-refractivity contribution in [3.8, 4) is 0 Å². The number of nitrogens with one attached hydrogen (secondary N) is 2. The summed E-state index contributed by atoms with van der Waals surface area (Å²) in [5.74, 6) is -2.13. The number of aromatic nitrogens is 1. The van der Waals surface area contributed by atoms with Gasteiger partial charge in [-0.3, -0.25) is 14.5 Å². The molecule has 15 heteroatoms. The zero-order valence-corrected chi connectivity index (χ0v) is 36.6. The number of oxime groups is 1. The number of thiazole rings is 1. The van der Waals surface area contributed by atoms with Crippen LogP contribution in [0.3, 0.4) is 0 Å². The van der Waals surface area contributed by atoms with Crippen molar-refractivity contribution in [3.05, 3.63) is 212 Å². The molecule has 1 aromatic heterocycles. The first-order valence-corrected chi connectivity index (χ1v) is 22.9. The number of cyclic esters (lactones) is 1. The molecule has 0 radical (unpaired) electrons. The molecular formula is C49H39N5O7S3. The number of esters is 2. The molecule has 0 aliphatic carbocycles. The van der Waals surface area contributed by atoms with Crippen LogP contribution in [0.2, 0.25) is 0 Å². The number of amides is 2. The average molecular weight is 906 g/mol. The van der Waals surface area contributed by atoms with Gasteiger partial charge in [-0.15, -0.1) is 23.1 Å². The fourth-order valence-corrected chi connectivity index (χ4v) is 11.1. The second kappa shape index (κ2) is 18.8. The molecule has 12 nitrogen and oxygen atoms in total. The maximum Gasteiger partial charge on any atom is 0.356 e. The molecule has 320 valence electrons. The highest BCUT2D eigenvalue weighted by Gasteiger charge is 2.55. The molecule has 2 amide bonds. The number of thioether (sulfide) groups is 2. The maximum absolute atomic E-state index is 14.5. The summed E-state index contributed by atoms with van der Waals surface area (Å²) in [6.07, 6.45) is 0.587. The van der Waals surface area contributed by atoms with Crippen LogP contribution in [-0.2, 0) is 39.0 Å². The van der Waals surface area contributed by atoms with Gasteiger partial charge in [0.15, 0.2) is 16.9 Å². The van der Waals surface area contributed by atoms with Crippen LogP contribution in [-0.4, -0.2) is 70.2 Å². The van der Waals surface area contributed by atoms with Crippen molar-refractivity contribution in [1.29, 1.82) is 0 Å². The smallest absolute Gasteiger partial charge is 0.356 e. The fraction of sp³-hybridized carbons (Fsp3) is 0.143. The van der Waals surface area contributed by atoms with Gasteiger partial charge >= 0.3 is 11.9 Å². The molecule has 1 fully saturated rings. The van der Waals surface area contributed by atoms with E-state index in [0.717, 1.165) is 27.8 Å². The molecule has 4 heterocycles. The Morgan fingerprint density at radius 1 is 0.828 bits per heavy atom. The van der Waals surface area contributed by atoms with Gasteiger partial charge in [0.05, 0.1) is 0 Å². The molecule has 0 bridgehead atoms. The molecule has 5 aromatic carbocycles. The number of hydrogen-bond donors (Lipinski definition) is 2. The minimum absolute atomic E-state index is 0.0427. The number of rotatable bonds is 15. The summed E-state index contributed by atoms with van der Waals surface area (Å²) >= 11 is 3.87. The van der Waals surface area contributed by atoms with E-state index in [1.54, 1.807) is 5.38 Å². The molecule has 2 N–H and O–H groups in total. The SMILES string of the molecule is CO/N=C(\C(=O)N[C@@H]1C(=O)N2C(C(=O)OC(c3ccccc3)c3ccccc3)=C(SC3=CC(=O)OC3)CS[C@@H]12)c1csc(NC(c2ccccc2)(c2ccccc2)c2ccccc2)n1. The lowest BCUT2D eigenvalue weighted by Gasteiger charge is -2.49. The van der Waals surface area contributed by atoms with E-state index in [-0.39, 0.29) is 29.5 Å². The molecule has 64 heavy (non-hydrogen) atoms. The summed E-state index contributed by atoms with van der Waals surface area (Å²) in [5, 5.41) is 12.2. The van der Waals surface area contributed by atoms with Crippen LogP contribution in [0.1, 0.15) is 39.6 Å². The Balaban J connectivity index is 0.985. The van der Waals surface area contributed by atoms with Crippen molar-refractivity contribution in [2.24, 2.45) is 5.16 Å². The van der Waals surface area contributed by atoms with E-state index >= 15 is 0 Å². The Morgan fingerprint density at radius 3 is 1.89 bits per heavy atom. The predicted octanol–water partition coefficient (Wildman–Crippen LogP) is 8.02. The summed E-state index contributed by atoms with van der Waals surface area (Å²) in [4.78, 5) is 67.4. The van der Waals surface area contributed by atoms with Crippen LogP contribution in [0.15, 0.2) is 184 Å². The third kappa shape index (κ3) is 8.44. The molecule has 0 spiro atoms. The average Bonchev–Trinajstić information content (AvgIpc) is 3.99. The predicted molar refractivity (Wildman–Crippen MR) is 248 cm³/mol. The van der Waals surface area contributed by atoms with Gasteiger partial charge in [-0.1, -0.05) is 169 Å². The monoisotopic (exact) mass is 905 g/mol. The Labute approximate surface area is 381 Å². The molecular weight excluding hydrogens is 867 g/mol. The summed E-state index contributed by atoms with van der Waals surface area (Å²) in [5.41, 5.74) is 3.67. The Hall–Kier alpha value is -6.94. The van der Waals surface area contributed by atoms with Gasteiger partial charge < -0.3 is 24.9 Å². The van der Waals surface area contributed by atoms with Crippen molar-refractivity contribution in [2.45, 2.75) is 23.1 Å². The van der Waals surface area contributed by atoms with E-state index in [4.69, 9.17) is 19.3 Å². The van der Waals surface area contributed by atoms with E-state index < -0.39 is 46.8 Å². The normalized spacial score (nSPS) is 17.2. The highest BCUT2D eigenvalue weighted by atomic mass is 32.2. The van der Waals surface area contributed by atoms with Crippen LogP contribution in [0.25, 0.3) is 0 Å². The lowest BCUT2D eigenvalue weighted by atomic mass is 9.77. The van der Waals surface area contributed by atoms with Crippen LogP contribution in [0.5, 0.6) is 0 Å². The lowest BCUT2D eigenvalue weighted by molar-refractivity contribution is -0.154. The Bertz CT molecular complexity index is 2630. The zero-order chi connectivity index (χ0) is 44.0. The van der Waals surface area contributed by atoms with Crippen LogP contribution in [0, 0.1) is 0 Å². The van der Waals surface area contributed by atoms with Crippen molar-refractivity contribution in [3.63, 3.8) is 0 Å². The molecule has 2 atom stereocenters. The van der Waals surface area contributed by atoms with Crippen molar-refractivity contribution in [1.82, 2.24) is 15.2 Å². The molecule has 9 rings (SSSR count). The van der Waals surface area contributed by atoms with E-state index in [9.17, 15) is 19.2 Å². The number of nitrogens with zero attached hydrogens (tertiary/aromatic N) is 3. The number of β-lactam (4-membered cyclic amide) rings is 1. The van der Waals surface area contributed by atoms with Gasteiger partial charge in [0, 0.05) is 27.0 Å². The quantitative estimate of drug-likeness (QED) is 0.0340. The fourth-order valence-electron chi connectivity index (χ4n) is 7.87.